The van der Waals surface area contributed by atoms with Crippen LogP contribution in [0.2, 0.25) is 0 Å². The molecule has 0 aliphatic carbocycles. The lowest BCUT2D eigenvalue weighted by Crippen LogP contribution is -2.20. The minimum absolute atomic E-state index is 0.142. The van der Waals surface area contributed by atoms with Crippen LogP contribution in [0.3, 0.4) is 0 Å². The second-order valence-corrected chi connectivity index (χ2v) is 4.84. The van der Waals surface area contributed by atoms with Crippen molar-refractivity contribution in [2.75, 3.05) is 0 Å². The lowest BCUT2D eigenvalue weighted by Gasteiger charge is -2.14. The highest BCUT2D eigenvalue weighted by molar-refractivity contribution is 14.1. The van der Waals surface area contributed by atoms with Crippen molar-refractivity contribution in [3.05, 3.63) is 33.4 Å². The molecule has 0 aliphatic rings. The molecule has 0 aliphatic heterocycles. The second-order valence-electron chi connectivity index (χ2n) is 3.59. The summed E-state index contributed by atoms with van der Waals surface area (Å²) in [5.74, 6) is -1.07. The number of benzene rings is 1. The van der Waals surface area contributed by atoms with Crippen molar-refractivity contribution in [3.8, 4) is 0 Å². The van der Waals surface area contributed by atoms with Crippen LogP contribution in [0.4, 0.5) is 0 Å². The smallest absolute Gasteiger partial charge is 0.218 e. The van der Waals surface area contributed by atoms with Crippen molar-refractivity contribution < 1.29 is 9.59 Å². The van der Waals surface area contributed by atoms with Crippen LogP contribution >= 0.6 is 22.6 Å². The predicted octanol–water partition coefficient (Wildman–Crippen LogP) is 1.13. The number of rotatable bonds is 5. The Bertz CT molecular complexity index is 391. The van der Waals surface area contributed by atoms with Crippen LogP contribution in [0.15, 0.2) is 24.3 Å². The van der Waals surface area contributed by atoms with Crippen LogP contribution in [0, 0.1) is 3.57 Å². The van der Waals surface area contributed by atoms with Crippen molar-refractivity contribution >= 4 is 34.4 Å². The van der Waals surface area contributed by atoms with Crippen molar-refractivity contribution in [2.45, 2.75) is 18.8 Å². The molecule has 1 rings (SSSR count). The Morgan fingerprint density at radius 1 is 1.19 bits per heavy atom. The quantitative estimate of drug-likeness (QED) is 0.792. The van der Waals surface area contributed by atoms with E-state index in [1.165, 1.54) is 0 Å². The highest BCUT2D eigenvalue weighted by Crippen LogP contribution is 2.24. The lowest BCUT2D eigenvalue weighted by molar-refractivity contribution is -0.119. The van der Waals surface area contributed by atoms with E-state index in [1.807, 2.05) is 24.3 Å². The van der Waals surface area contributed by atoms with Gasteiger partial charge in [0.2, 0.25) is 11.8 Å². The maximum Gasteiger partial charge on any atom is 0.218 e. The molecule has 0 unspecified atom stereocenters. The average Bonchev–Trinajstić information content (AvgIpc) is 2.15. The van der Waals surface area contributed by atoms with Gasteiger partial charge in [0.05, 0.1) is 0 Å². The molecule has 0 bridgehead atoms. The van der Waals surface area contributed by atoms with E-state index in [0.29, 0.717) is 0 Å². The standard InChI is InChI=1S/C11H13IN2O2/c12-9-3-1-2-7(4-9)8(5-10(13)15)6-11(14)16/h1-4,8H,5-6H2,(H2,13,15)(H2,14,16). The van der Waals surface area contributed by atoms with Crippen LogP contribution in [0.5, 0.6) is 0 Å². The molecule has 5 heteroatoms. The summed E-state index contributed by atoms with van der Waals surface area (Å²) in [5, 5.41) is 0. The molecule has 1 aromatic carbocycles. The molecule has 2 amide bonds. The van der Waals surface area contributed by atoms with Gasteiger partial charge in [-0.1, -0.05) is 12.1 Å². The topological polar surface area (TPSA) is 86.2 Å². The summed E-state index contributed by atoms with van der Waals surface area (Å²) >= 11 is 2.17. The van der Waals surface area contributed by atoms with Gasteiger partial charge in [-0.05, 0) is 40.3 Å². The zero-order valence-corrected chi connectivity index (χ0v) is 10.8. The van der Waals surface area contributed by atoms with Gasteiger partial charge < -0.3 is 11.5 Å². The van der Waals surface area contributed by atoms with E-state index < -0.39 is 11.8 Å². The van der Waals surface area contributed by atoms with E-state index in [1.54, 1.807) is 0 Å². The molecule has 0 radical (unpaired) electrons. The summed E-state index contributed by atoms with van der Waals surface area (Å²) in [6.45, 7) is 0. The van der Waals surface area contributed by atoms with Crippen LogP contribution < -0.4 is 11.5 Å². The molecular weight excluding hydrogens is 319 g/mol. The fourth-order valence-corrected chi connectivity index (χ4v) is 2.12. The SMILES string of the molecule is NC(=O)CC(CC(N)=O)c1cccc(I)c1. The maximum absolute atomic E-state index is 10.9. The number of hydrogen-bond donors (Lipinski definition) is 2. The van der Waals surface area contributed by atoms with Gasteiger partial charge in [-0.15, -0.1) is 0 Å². The number of primary amides is 2. The van der Waals surface area contributed by atoms with E-state index in [0.717, 1.165) is 9.13 Å². The molecule has 86 valence electrons. The normalized spacial score (nSPS) is 10.4. The van der Waals surface area contributed by atoms with Crippen molar-refractivity contribution in [1.29, 1.82) is 0 Å². The summed E-state index contributed by atoms with van der Waals surface area (Å²) in [6.07, 6.45) is 0.284. The minimum atomic E-state index is -0.426. The molecule has 16 heavy (non-hydrogen) atoms. The number of hydrogen-bond acceptors (Lipinski definition) is 2. The zero-order chi connectivity index (χ0) is 12.1. The van der Waals surface area contributed by atoms with Gasteiger partial charge in [-0.25, -0.2) is 0 Å². The van der Waals surface area contributed by atoms with Gasteiger partial charge in [0.15, 0.2) is 0 Å². The number of carbonyl (C=O) groups is 2. The number of amides is 2. The Morgan fingerprint density at radius 3 is 2.19 bits per heavy atom. The highest BCUT2D eigenvalue weighted by atomic mass is 127. The third kappa shape index (κ3) is 4.18. The molecule has 0 spiro atoms. The monoisotopic (exact) mass is 332 g/mol. The molecular formula is C11H13IN2O2. The Balaban J connectivity index is 2.90. The van der Waals surface area contributed by atoms with E-state index in [2.05, 4.69) is 22.6 Å². The third-order valence-corrected chi connectivity index (χ3v) is 2.89. The molecule has 0 saturated carbocycles. The Morgan fingerprint density at radius 2 is 1.75 bits per heavy atom. The number of halogens is 1. The molecule has 0 heterocycles. The predicted molar refractivity (Wildman–Crippen MR) is 69.5 cm³/mol. The zero-order valence-electron chi connectivity index (χ0n) is 8.65. The van der Waals surface area contributed by atoms with Crippen molar-refractivity contribution in [1.82, 2.24) is 0 Å². The Labute approximate surface area is 108 Å². The lowest BCUT2D eigenvalue weighted by atomic mass is 9.92. The summed E-state index contributed by atoms with van der Waals surface area (Å²) < 4.78 is 1.05. The fourth-order valence-electron chi connectivity index (χ4n) is 1.55. The third-order valence-electron chi connectivity index (χ3n) is 2.22. The van der Waals surface area contributed by atoms with Gasteiger partial charge in [0, 0.05) is 22.3 Å². The van der Waals surface area contributed by atoms with Crippen LogP contribution in [0.25, 0.3) is 0 Å². The molecule has 0 atom stereocenters. The van der Waals surface area contributed by atoms with Crippen molar-refractivity contribution in [3.63, 3.8) is 0 Å². The summed E-state index contributed by atoms with van der Waals surface area (Å²) in [6, 6.07) is 7.62. The maximum atomic E-state index is 10.9. The Kier molecular flexibility index (Phi) is 4.72. The molecule has 4 N–H and O–H groups in total. The van der Waals surface area contributed by atoms with Gasteiger partial charge in [0.25, 0.3) is 0 Å². The van der Waals surface area contributed by atoms with Crippen molar-refractivity contribution in [2.24, 2.45) is 11.5 Å². The first-order chi connectivity index (χ1) is 7.49. The molecule has 1 aromatic rings. The second kappa shape index (κ2) is 5.83. The highest BCUT2D eigenvalue weighted by Gasteiger charge is 2.17. The van der Waals surface area contributed by atoms with Crippen LogP contribution in [-0.2, 0) is 9.59 Å². The van der Waals surface area contributed by atoms with Gasteiger partial charge in [-0.2, -0.15) is 0 Å². The summed E-state index contributed by atoms with van der Waals surface area (Å²) in [5.41, 5.74) is 11.2. The van der Waals surface area contributed by atoms with E-state index >= 15 is 0 Å². The van der Waals surface area contributed by atoms with Gasteiger partial charge in [-0.3, -0.25) is 9.59 Å². The molecule has 0 saturated heterocycles. The van der Waals surface area contributed by atoms with Gasteiger partial charge in [0.1, 0.15) is 0 Å². The fraction of sp³-hybridized carbons (Fsp3) is 0.273. The number of carbonyl (C=O) groups excluding carboxylic acids is 2. The summed E-state index contributed by atoms with van der Waals surface area (Å²) in [7, 11) is 0. The van der Waals surface area contributed by atoms with Gasteiger partial charge >= 0.3 is 0 Å². The Hall–Kier alpha value is -1.11. The van der Waals surface area contributed by atoms with E-state index in [-0.39, 0.29) is 18.8 Å². The first kappa shape index (κ1) is 13.0. The first-order valence-corrected chi connectivity index (χ1v) is 5.89. The molecule has 0 fully saturated rings. The summed E-state index contributed by atoms with van der Waals surface area (Å²) in [4.78, 5) is 21.8. The van der Waals surface area contributed by atoms with Crippen LogP contribution in [-0.4, -0.2) is 11.8 Å². The van der Waals surface area contributed by atoms with Crippen LogP contribution in [0.1, 0.15) is 24.3 Å². The molecule has 4 nitrogen and oxygen atoms in total. The largest absolute Gasteiger partial charge is 0.370 e. The van der Waals surface area contributed by atoms with E-state index in [4.69, 9.17) is 11.5 Å². The van der Waals surface area contributed by atoms with E-state index in [9.17, 15) is 9.59 Å². The average molecular weight is 332 g/mol. The minimum Gasteiger partial charge on any atom is -0.370 e. The number of nitrogens with two attached hydrogens (primary N) is 2. The molecule has 0 aromatic heterocycles. The first-order valence-electron chi connectivity index (χ1n) is 4.81.